The second-order valence-corrected chi connectivity index (χ2v) is 17.0. The first-order chi connectivity index (χ1) is 28.7. The SMILES string of the molecule is CC(NC(=O)OCC1c2ccccc2-c2ccccc21)C(=O)N1[C@H](C(=O)N[C@@]2(Cc3ccc(Cl)cc3)CCCN(C(=O)C(CC(=O)O)Cc3ccccc3)C2)COC1(C)C. The number of carboxylic acids is 1. The highest BCUT2D eigenvalue weighted by molar-refractivity contribution is 6.30. The summed E-state index contributed by atoms with van der Waals surface area (Å²) in [7, 11) is 0. The molecule has 12 nitrogen and oxygen atoms in total. The number of nitrogens with zero attached hydrogens (tertiary/aromatic N) is 2. The monoisotopic (exact) mass is 834 g/mol. The summed E-state index contributed by atoms with van der Waals surface area (Å²) in [6.07, 6.45) is 0.548. The van der Waals surface area contributed by atoms with Crippen molar-refractivity contribution in [2.75, 3.05) is 26.3 Å². The lowest BCUT2D eigenvalue weighted by molar-refractivity contribution is -0.152. The Morgan fingerprint density at radius 2 is 1.50 bits per heavy atom. The molecule has 2 unspecified atom stereocenters. The fraction of sp³-hybridized carbons (Fsp3) is 0.383. The van der Waals surface area contributed by atoms with E-state index in [1.807, 2.05) is 78.9 Å². The minimum atomic E-state index is -1.20. The Balaban J connectivity index is 1.06. The van der Waals surface area contributed by atoms with E-state index in [9.17, 15) is 29.1 Å². The molecule has 0 aromatic heterocycles. The quantitative estimate of drug-likeness (QED) is 0.137. The Morgan fingerprint density at radius 1 is 0.867 bits per heavy atom. The third kappa shape index (κ3) is 9.35. The Morgan fingerprint density at radius 3 is 2.15 bits per heavy atom. The van der Waals surface area contributed by atoms with Crippen molar-refractivity contribution in [2.45, 2.75) is 82.1 Å². The van der Waals surface area contributed by atoms with Crippen molar-refractivity contribution in [3.63, 3.8) is 0 Å². The Bertz CT molecular complexity index is 2190. The van der Waals surface area contributed by atoms with Crippen LogP contribution in [0.1, 0.15) is 68.2 Å². The Labute approximate surface area is 355 Å². The number of hydrogen-bond donors (Lipinski definition) is 3. The smallest absolute Gasteiger partial charge is 0.407 e. The van der Waals surface area contributed by atoms with E-state index in [0.29, 0.717) is 30.8 Å². The molecule has 4 aromatic carbocycles. The molecular formula is C47H51ClN4O8. The van der Waals surface area contributed by atoms with Crippen LogP contribution in [0.5, 0.6) is 0 Å². The van der Waals surface area contributed by atoms with E-state index < -0.39 is 53.1 Å². The van der Waals surface area contributed by atoms with E-state index in [1.165, 1.54) is 4.90 Å². The number of amides is 4. The molecule has 4 atom stereocenters. The van der Waals surface area contributed by atoms with Crippen LogP contribution in [0.25, 0.3) is 11.1 Å². The number of ether oxygens (including phenoxy) is 2. The summed E-state index contributed by atoms with van der Waals surface area (Å²) in [4.78, 5) is 71.2. The van der Waals surface area contributed by atoms with Gasteiger partial charge in [-0.15, -0.1) is 0 Å². The number of piperidine rings is 1. The zero-order valence-corrected chi connectivity index (χ0v) is 34.8. The van der Waals surface area contributed by atoms with E-state index in [-0.39, 0.29) is 44.4 Å². The van der Waals surface area contributed by atoms with Gasteiger partial charge in [0.05, 0.1) is 24.5 Å². The third-order valence-corrected chi connectivity index (χ3v) is 12.2. The second kappa shape index (κ2) is 17.9. The fourth-order valence-electron chi connectivity index (χ4n) is 9.06. The molecule has 2 aliphatic heterocycles. The number of nitrogens with one attached hydrogen (secondary N) is 2. The van der Waals surface area contributed by atoms with Gasteiger partial charge < -0.3 is 30.1 Å². The Kier molecular flexibility index (Phi) is 12.6. The maximum atomic E-state index is 14.6. The second-order valence-electron chi connectivity index (χ2n) is 16.6. The predicted molar refractivity (Wildman–Crippen MR) is 226 cm³/mol. The van der Waals surface area contributed by atoms with Crippen LogP contribution in [-0.4, -0.2) is 94.3 Å². The van der Waals surface area contributed by atoms with Gasteiger partial charge in [-0.3, -0.25) is 24.1 Å². The van der Waals surface area contributed by atoms with Gasteiger partial charge in [-0.2, -0.15) is 0 Å². The molecule has 4 amide bonds. The number of rotatable bonds is 13. The maximum Gasteiger partial charge on any atom is 0.407 e. The average molecular weight is 835 g/mol. The molecule has 0 radical (unpaired) electrons. The van der Waals surface area contributed by atoms with Gasteiger partial charge in [0, 0.05) is 24.0 Å². The Hall–Kier alpha value is -5.72. The van der Waals surface area contributed by atoms with Crippen LogP contribution < -0.4 is 10.6 Å². The van der Waals surface area contributed by atoms with Crippen LogP contribution in [0.2, 0.25) is 5.02 Å². The number of likely N-dealkylation sites (tertiary alicyclic amines) is 1. The molecule has 2 heterocycles. The molecule has 60 heavy (non-hydrogen) atoms. The van der Waals surface area contributed by atoms with E-state index >= 15 is 0 Å². The van der Waals surface area contributed by atoms with Crippen molar-refractivity contribution in [3.05, 3.63) is 130 Å². The first kappa shape index (κ1) is 42.4. The van der Waals surface area contributed by atoms with Gasteiger partial charge in [0.2, 0.25) is 17.7 Å². The lowest BCUT2D eigenvalue weighted by Gasteiger charge is -2.45. The summed E-state index contributed by atoms with van der Waals surface area (Å²) in [5, 5.41) is 16.3. The highest BCUT2D eigenvalue weighted by atomic mass is 35.5. The first-order valence-corrected chi connectivity index (χ1v) is 20.8. The highest BCUT2D eigenvalue weighted by Gasteiger charge is 2.50. The summed E-state index contributed by atoms with van der Waals surface area (Å²) in [5.41, 5.74) is 3.86. The van der Waals surface area contributed by atoms with Gasteiger partial charge in [0.25, 0.3) is 0 Å². The number of carboxylic acid groups (broad SMARTS) is 1. The zero-order chi connectivity index (χ0) is 42.6. The number of benzene rings is 4. The first-order valence-electron chi connectivity index (χ1n) is 20.4. The summed E-state index contributed by atoms with van der Waals surface area (Å²) >= 11 is 6.22. The fourth-order valence-corrected chi connectivity index (χ4v) is 9.19. The van der Waals surface area contributed by atoms with Gasteiger partial charge in [0.1, 0.15) is 24.4 Å². The van der Waals surface area contributed by atoms with E-state index in [0.717, 1.165) is 33.4 Å². The maximum absolute atomic E-state index is 14.6. The molecule has 314 valence electrons. The summed E-state index contributed by atoms with van der Waals surface area (Å²) in [6, 6.07) is 30.5. The highest BCUT2D eigenvalue weighted by Crippen LogP contribution is 2.44. The number of carbonyl (C=O) groups excluding carboxylic acids is 4. The van der Waals surface area contributed by atoms with Crippen molar-refractivity contribution in [3.8, 4) is 11.1 Å². The van der Waals surface area contributed by atoms with Crippen molar-refractivity contribution in [1.82, 2.24) is 20.4 Å². The van der Waals surface area contributed by atoms with Crippen LogP contribution in [-0.2, 0) is 41.5 Å². The molecule has 4 aromatic rings. The number of alkyl carbamates (subject to hydrolysis) is 1. The molecule has 1 aliphatic carbocycles. The van der Waals surface area contributed by atoms with Crippen molar-refractivity contribution in [2.24, 2.45) is 5.92 Å². The largest absolute Gasteiger partial charge is 0.481 e. The molecule has 0 spiro atoms. The molecule has 2 saturated heterocycles. The molecule has 7 rings (SSSR count). The van der Waals surface area contributed by atoms with Crippen LogP contribution in [0.15, 0.2) is 103 Å². The van der Waals surface area contributed by atoms with Crippen molar-refractivity contribution < 1.29 is 38.6 Å². The minimum Gasteiger partial charge on any atom is -0.481 e. The van der Waals surface area contributed by atoms with E-state index in [2.05, 4.69) is 22.8 Å². The molecular weight excluding hydrogens is 784 g/mol. The number of hydrogen-bond acceptors (Lipinski definition) is 7. The van der Waals surface area contributed by atoms with E-state index in [4.69, 9.17) is 21.1 Å². The molecule has 3 N–H and O–H groups in total. The lowest BCUT2D eigenvalue weighted by Crippen LogP contribution is -2.65. The summed E-state index contributed by atoms with van der Waals surface area (Å²) in [6.45, 7) is 5.42. The molecule has 13 heteroatoms. The van der Waals surface area contributed by atoms with Gasteiger partial charge in [-0.05, 0) is 92.0 Å². The van der Waals surface area contributed by atoms with Crippen LogP contribution in [0.4, 0.5) is 4.79 Å². The minimum absolute atomic E-state index is 0.0721. The molecule has 3 aliphatic rings. The average Bonchev–Trinajstić information content (AvgIpc) is 3.73. The lowest BCUT2D eigenvalue weighted by atomic mass is 9.81. The summed E-state index contributed by atoms with van der Waals surface area (Å²) < 4.78 is 11.8. The molecule has 0 bridgehead atoms. The van der Waals surface area contributed by atoms with Crippen molar-refractivity contribution in [1.29, 1.82) is 0 Å². The van der Waals surface area contributed by atoms with E-state index in [1.54, 1.807) is 37.8 Å². The molecule has 0 saturated carbocycles. The van der Waals surface area contributed by atoms with Gasteiger partial charge in [-0.25, -0.2) is 4.79 Å². The van der Waals surface area contributed by atoms with Crippen molar-refractivity contribution >= 4 is 41.4 Å². The van der Waals surface area contributed by atoms with Crippen LogP contribution in [0, 0.1) is 5.92 Å². The van der Waals surface area contributed by atoms with Gasteiger partial charge in [0.15, 0.2) is 0 Å². The number of aliphatic carboxylic acids is 1. The third-order valence-electron chi connectivity index (χ3n) is 11.9. The predicted octanol–water partition coefficient (Wildman–Crippen LogP) is 6.58. The van der Waals surface area contributed by atoms with Crippen LogP contribution in [0.3, 0.4) is 0 Å². The van der Waals surface area contributed by atoms with Crippen LogP contribution >= 0.6 is 11.6 Å². The normalized spacial score (nSPS) is 20.4. The number of fused-ring (bicyclic) bond motifs is 3. The zero-order valence-electron chi connectivity index (χ0n) is 34.1. The topological polar surface area (TPSA) is 155 Å². The number of halogens is 1. The summed E-state index contributed by atoms with van der Waals surface area (Å²) in [5.74, 6) is -3.35. The van der Waals surface area contributed by atoms with Gasteiger partial charge >= 0.3 is 12.1 Å². The van der Waals surface area contributed by atoms with Gasteiger partial charge in [-0.1, -0.05) is 103 Å². The standard InChI is InChI=1S/C47H51ClN4O8/c1-30(49-45(58)59-27-39-37-16-9-7-14-35(37)36-15-8-10-17-38(36)39)43(56)52-40(28-60-46(52,2)3)42(55)50-47(26-32-18-20-34(48)21-19-32)22-11-23-51(29-47)44(57)33(25-41(53)54)24-31-12-5-4-6-13-31/h4-10,12-21,30,33,39-40H,11,22-29H2,1-3H3,(H,49,58)(H,50,55)(H,53,54)/t30?,33?,40-,47+/m0/s1. The number of carbonyl (C=O) groups is 5. The molecule has 2 fully saturated rings.